The molecule has 0 saturated carbocycles. The van der Waals surface area contributed by atoms with E-state index in [2.05, 4.69) is 11.4 Å². The SMILES string of the molecule is Cc1c(CNc2ccccc2OC(C)C)cc(C#N)n1C. The van der Waals surface area contributed by atoms with E-state index < -0.39 is 0 Å². The molecule has 0 atom stereocenters. The highest BCUT2D eigenvalue weighted by molar-refractivity contribution is 5.56. The monoisotopic (exact) mass is 283 g/mol. The van der Waals surface area contributed by atoms with Crippen molar-refractivity contribution in [3.05, 3.63) is 47.3 Å². The first-order chi connectivity index (χ1) is 10.0. The fraction of sp³-hybridized carbons (Fsp3) is 0.353. The molecule has 1 N–H and O–H groups in total. The molecule has 110 valence electrons. The maximum absolute atomic E-state index is 9.07. The Morgan fingerprint density at radius 3 is 2.67 bits per heavy atom. The molecule has 0 aliphatic heterocycles. The molecule has 0 aliphatic rings. The normalized spacial score (nSPS) is 10.5. The smallest absolute Gasteiger partial charge is 0.142 e. The van der Waals surface area contributed by atoms with Crippen LogP contribution in [0.5, 0.6) is 5.75 Å². The lowest BCUT2D eigenvalue weighted by Crippen LogP contribution is -2.09. The van der Waals surface area contributed by atoms with Crippen molar-refractivity contribution in [2.24, 2.45) is 7.05 Å². The fourth-order valence-corrected chi connectivity index (χ4v) is 2.21. The van der Waals surface area contributed by atoms with Crippen molar-refractivity contribution in [2.75, 3.05) is 5.32 Å². The quantitative estimate of drug-likeness (QED) is 0.912. The van der Waals surface area contributed by atoms with Crippen molar-refractivity contribution >= 4 is 5.69 Å². The minimum atomic E-state index is 0.136. The first kappa shape index (κ1) is 15.0. The van der Waals surface area contributed by atoms with E-state index in [0.29, 0.717) is 12.2 Å². The Balaban J connectivity index is 2.16. The molecule has 0 unspecified atom stereocenters. The number of nitriles is 1. The zero-order valence-electron chi connectivity index (χ0n) is 13.0. The summed E-state index contributed by atoms with van der Waals surface area (Å²) in [4.78, 5) is 0. The van der Waals surface area contributed by atoms with E-state index in [1.165, 1.54) is 0 Å². The predicted molar refractivity (Wildman–Crippen MR) is 84.4 cm³/mol. The number of rotatable bonds is 5. The van der Waals surface area contributed by atoms with Gasteiger partial charge in [0, 0.05) is 19.3 Å². The van der Waals surface area contributed by atoms with Gasteiger partial charge in [-0.1, -0.05) is 12.1 Å². The average Bonchev–Trinajstić information content (AvgIpc) is 2.73. The lowest BCUT2D eigenvalue weighted by molar-refractivity contribution is 0.243. The van der Waals surface area contributed by atoms with Gasteiger partial charge in [0.2, 0.25) is 0 Å². The van der Waals surface area contributed by atoms with Crippen LogP contribution >= 0.6 is 0 Å². The molecule has 0 amide bonds. The summed E-state index contributed by atoms with van der Waals surface area (Å²) in [6.45, 7) is 6.71. The first-order valence-corrected chi connectivity index (χ1v) is 7.07. The van der Waals surface area contributed by atoms with Crippen LogP contribution in [-0.4, -0.2) is 10.7 Å². The molecule has 0 bridgehead atoms. The Bertz CT molecular complexity index is 665. The standard InChI is InChI=1S/C17H21N3O/c1-12(2)21-17-8-6-5-7-16(17)19-11-14-9-15(10-18)20(4)13(14)3/h5-9,12,19H,11H2,1-4H3. The molecule has 4 nitrogen and oxygen atoms in total. The Hall–Kier alpha value is -2.41. The maximum atomic E-state index is 9.07. The number of hydrogen-bond acceptors (Lipinski definition) is 3. The second-order valence-corrected chi connectivity index (χ2v) is 5.33. The molecule has 4 heteroatoms. The Morgan fingerprint density at radius 1 is 1.33 bits per heavy atom. The average molecular weight is 283 g/mol. The van der Waals surface area contributed by atoms with E-state index in [-0.39, 0.29) is 6.10 Å². The largest absolute Gasteiger partial charge is 0.489 e. The minimum absolute atomic E-state index is 0.136. The number of benzene rings is 1. The molecule has 1 aromatic heterocycles. The van der Waals surface area contributed by atoms with Crippen LogP contribution in [0, 0.1) is 18.3 Å². The molecule has 1 aromatic carbocycles. The van der Waals surface area contributed by atoms with Crippen LogP contribution in [0.2, 0.25) is 0 Å². The fourth-order valence-electron chi connectivity index (χ4n) is 2.21. The van der Waals surface area contributed by atoms with Crippen LogP contribution in [0.25, 0.3) is 0 Å². The number of hydrogen-bond donors (Lipinski definition) is 1. The predicted octanol–water partition coefficient (Wildman–Crippen LogP) is 3.60. The van der Waals surface area contributed by atoms with Crippen LogP contribution in [-0.2, 0) is 13.6 Å². The molecular formula is C17H21N3O. The van der Waals surface area contributed by atoms with E-state index in [1.54, 1.807) is 0 Å². The maximum Gasteiger partial charge on any atom is 0.142 e. The summed E-state index contributed by atoms with van der Waals surface area (Å²) >= 11 is 0. The van der Waals surface area contributed by atoms with Crippen LogP contribution < -0.4 is 10.1 Å². The second-order valence-electron chi connectivity index (χ2n) is 5.33. The van der Waals surface area contributed by atoms with E-state index in [0.717, 1.165) is 22.7 Å². The van der Waals surface area contributed by atoms with Gasteiger partial charge in [-0.2, -0.15) is 5.26 Å². The molecule has 0 aliphatic carbocycles. The molecule has 0 radical (unpaired) electrons. The second kappa shape index (κ2) is 6.36. The number of para-hydroxylation sites is 2. The molecule has 2 rings (SSSR count). The molecule has 0 saturated heterocycles. The van der Waals surface area contributed by atoms with E-state index in [1.807, 2.05) is 62.7 Å². The number of ether oxygens (including phenoxy) is 1. The Morgan fingerprint density at radius 2 is 2.05 bits per heavy atom. The lowest BCUT2D eigenvalue weighted by Gasteiger charge is -2.15. The highest BCUT2D eigenvalue weighted by atomic mass is 16.5. The summed E-state index contributed by atoms with van der Waals surface area (Å²) in [7, 11) is 1.91. The van der Waals surface area contributed by atoms with Crippen molar-refractivity contribution in [2.45, 2.75) is 33.4 Å². The number of aromatic nitrogens is 1. The van der Waals surface area contributed by atoms with Crippen molar-refractivity contribution in [1.82, 2.24) is 4.57 Å². The van der Waals surface area contributed by atoms with Crippen molar-refractivity contribution in [1.29, 1.82) is 5.26 Å². The van der Waals surface area contributed by atoms with Gasteiger partial charge in [-0.05, 0) is 44.5 Å². The zero-order chi connectivity index (χ0) is 15.4. The van der Waals surface area contributed by atoms with Gasteiger partial charge in [-0.3, -0.25) is 0 Å². The Kier molecular flexibility index (Phi) is 4.54. The topological polar surface area (TPSA) is 50.0 Å². The van der Waals surface area contributed by atoms with E-state index in [9.17, 15) is 0 Å². The molecule has 0 spiro atoms. The van der Waals surface area contributed by atoms with Gasteiger partial charge in [-0.15, -0.1) is 0 Å². The van der Waals surface area contributed by atoms with Crippen LogP contribution in [0.3, 0.4) is 0 Å². The van der Waals surface area contributed by atoms with Crippen LogP contribution in [0.4, 0.5) is 5.69 Å². The third kappa shape index (κ3) is 3.38. The van der Waals surface area contributed by atoms with Crippen molar-refractivity contribution in [3.63, 3.8) is 0 Å². The zero-order valence-corrected chi connectivity index (χ0v) is 13.0. The highest BCUT2D eigenvalue weighted by Crippen LogP contribution is 2.26. The summed E-state index contributed by atoms with van der Waals surface area (Å²) in [5.41, 5.74) is 3.86. The number of anilines is 1. The summed E-state index contributed by atoms with van der Waals surface area (Å²) in [5, 5.41) is 12.5. The molecule has 0 fully saturated rings. The lowest BCUT2D eigenvalue weighted by atomic mass is 10.2. The summed E-state index contributed by atoms with van der Waals surface area (Å²) in [6.07, 6.45) is 0.136. The van der Waals surface area contributed by atoms with E-state index in [4.69, 9.17) is 10.00 Å². The summed E-state index contributed by atoms with van der Waals surface area (Å²) in [5.74, 6) is 0.849. The summed E-state index contributed by atoms with van der Waals surface area (Å²) in [6, 6.07) is 12.0. The number of nitrogens with one attached hydrogen (secondary N) is 1. The van der Waals surface area contributed by atoms with Gasteiger partial charge in [-0.25, -0.2) is 0 Å². The molecule has 2 aromatic rings. The third-order valence-electron chi connectivity index (χ3n) is 3.47. The van der Waals surface area contributed by atoms with E-state index >= 15 is 0 Å². The highest BCUT2D eigenvalue weighted by Gasteiger charge is 2.10. The summed E-state index contributed by atoms with van der Waals surface area (Å²) < 4.78 is 7.70. The number of nitrogens with zero attached hydrogens (tertiary/aromatic N) is 2. The molecule has 1 heterocycles. The van der Waals surface area contributed by atoms with Gasteiger partial charge in [0.05, 0.1) is 11.8 Å². The Labute approximate surface area is 126 Å². The molecule has 21 heavy (non-hydrogen) atoms. The van der Waals surface area contributed by atoms with Gasteiger partial charge >= 0.3 is 0 Å². The molecular weight excluding hydrogens is 262 g/mol. The van der Waals surface area contributed by atoms with Crippen LogP contribution in [0.15, 0.2) is 30.3 Å². The van der Waals surface area contributed by atoms with Crippen molar-refractivity contribution < 1.29 is 4.74 Å². The van der Waals surface area contributed by atoms with Gasteiger partial charge in [0.1, 0.15) is 17.5 Å². The minimum Gasteiger partial charge on any atom is -0.489 e. The van der Waals surface area contributed by atoms with Crippen molar-refractivity contribution in [3.8, 4) is 11.8 Å². The van der Waals surface area contributed by atoms with Crippen LogP contribution in [0.1, 0.15) is 30.8 Å². The van der Waals surface area contributed by atoms with Gasteiger partial charge in [0.15, 0.2) is 0 Å². The first-order valence-electron chi connectivity index (χ1n) is 7.07. The van der Waals surface area contributed by atoms with Gasteiger partial charge < -0.3 is 14.6 Å². The van der Waals surface area contributed by atoms with Gasteiger partial charge in [0.25, 0.3) is 0 Å². The third-order valence-corrected chi connectivity index (χ3v) is 3.47.